The predicted octanol–water partition coefficient (Wildman–Crippen LogP) is 3.63. The van der Waals surface area contributed by atoms with Crippen molar-refractivity contribution in [2.75, 3.05) is 0 Å². The van der Waals surface area contributed by atoms with Crippen molar-refractivity contribution < 1.29 is 4.79 Å². The van der Waals surface area contributed by atoms with E-state index in [1.165, 1.54) is 22.9 Å². The van der Waals surface area contributed by atoms with Crippen molar-refractivity contribution >= 4 is 5.78 Å². The largest absolute Gasteiger partial charge is 0.341 e. The Morgan fingerprint density at radius 2 is 1.85 bits per heavy atom. The van der Waals surface area contributed by atoms with Gasteiger partial charge in [-0.05, 0) is 38.5 Å². The van der Waals surface area contributed by atoms with Gasteiger partial charge in [0.2, 0.25) is 0 Å². The molecule has 1 unspecified atom stereocenters. The summed E-state index contributed by atoms with van der Waals surface area (Å²) in [5.74, 6) is -0.146. The fourth-order valence-electron chi connectivity index (χ4n) is 3.50. The summed E-state index contributed by atoms with van der Waals surface area (Å²) >= 11 is 0. The summed E-state index contributed by atoms with van der Waals surface area (Å²) in [5.41, 5.74) is 3.68. The molecule has 0 aliphatic carbocycles. The van der Waals surface area contributed by atoms with Crippen LogP contribution in [0.15, 0.2) is 59.5 Å². The molecule has 0 fully saturated rings. The van der Waals surface area contributed by atoms with E-state index in [0.29, 0.717) is 11.1 Å². The van der Waals surface area contributed by atoms with Crippen LogP contribution in [0.25, 0.3) is 0 Å². The summed E-state index contributed by atoms with van der Waals surface area (Å²) < 4.78 is 3.42. The molecule has 0 N–H and O–H groups in total. The van der Waals surface area contributed by atoms with Gasteiger partial charge in [0.15, 0.2) is 5.78 Å². The quantitative estimate of drug-likeness (QED) is 0.653. The zero-order chi connectivity index (χ0) is 19.6. The van der Waals surface area contributed by atoms with Crippen molar-refractivity contribution in [3.8, 4) is 6.07 Å². The standard InChI is InChI=1S/C22H21N3O2/c1-15-11-20(17(3)25(15)16(2)19-7-5-4-6-8-19)21(26)14-24-13-18(12-23)9-10-22(24)27/h4-11,13,16H,14H2,1-3H3. The fourth-order valence-corrected chi connectivity index (χ4v) is 3.50. The predicted molar refractivity (Wildman–Crippen MR) is 104 cm³/mol. The van der Waals surface area contributed by atoms with Gasteiger partial charge in [-0.25, -0.2) is 0 Å². The summed E-state index contributed by atoms with van der Waals surface area (Å²) in [6, 6.07) is 16.8. The van der Waals surface area contributed by atoms with Gasteiger partial charge < -0.3 is 9.13 Å². The summed E-state index contributed by atoms with van der Waals surface area (Å²) in [6.45, 7) is 5.92. The van der Waals surface area contributed by atoms with Gasteiger partial charge in [-0.3, -0.25) is 9.59 Å². The molecule has 136 valence electrons. The van der Waals surface area contributed by atoms with Gasteiger partial charge in [0.05, 0.1) is 18.2 Å². The van der Waals surface area contributed by atoms with Crippen LogP contribution in [0.4, 0.5) is 0 Å². The van der Waals surface area contributed by atoms with Gasteiger partial charge in [0, 0.05) is 29.2 Å². The highest BCUT2D eigenvalue weighted by molar-refractivity contribution is 5.97. The van der Waals surface area contributed by atoms with E-state index in [2.05, 4.69) is 23.6 Å². The average molecular weight is 359 g/mol. The van der Waals surface area contributed by atoms with Crippen LogP contribution in [-0.2, 0) is 6.54 Å². The van der Waals surface area contributed by atoms with Crippen molar-refractivity contribution in [2.45, 2.75) is 33.4 Å². The Balaban J connectivity index is 1.94. The number of rotatable bonds is 5. The molecule has 0 aliphatic heterocycles. The lowest BCUT2D eigenvalue weighted by Crippen LogP contribution is -2.23. The molecule has 2 aromatic heterocycles. The van der Waals surface area contributed by atoms with Crippen LogP contribution in [0.1, 0.15) is 45.8 Å². The Labute approximate surface area is 158 Å². The van der Waals surface area contributed by atoms with E-state index in [1.54, 1.807) is 0 Å². The smallest absolute Gasteiger partial charge is 0.251 e. The van der Waals surface area contributed by atoms with Gasteiger partial charge in [-0.2, -0.15) is 5.26 Å². The third-order valence-corrected chi connectivity index (χ3v) is 4.88. The lowest BCUT2D eigenvalue weighted by atomic mass is 10.1. The molecule has 5 heteroatoms. The Morgan fingerprint density at radius 1 is 1.15 bits per heavy atom. The number of Topliss-reactive ketones (excluding diaryl/α,β-unsaturated/α-hetero) is 1. The number of ketones is 1. The molecule has 0 spiro atoms. The van der Waals surface area contributed by atoms with Crippen LogP contribution in [0.2, 0.25) is 0 Å². The van der Waals surface area contributed by atoms with E-state index in [9.17, 15) is 9.59 Å². The van der Waals surface area contributed by atoms with E-state index >= 15 is 0 Å². The van der Waals surface area contributed by atoms with Crippen LogP contribution in [0.5, 0.6) is 0 Å². The Hall–Kier alpha value is -3.39. The van der Waals surface area contributed by atoms with Crippen molar-refractivity contribution in [1.29, 1.82) is 5.26 Å². The number of nitriles is 1. The molecule has 1 aromatic carbocycles. The molecule has 0 aliphatic rings. The monoisotopic (exact) mass is 359 g/mol. The molecule has 3 aromatic rings. The van der Waals surface area contributed by atoms with Gasteiger partial charge in [-0.15, -0.1) is 0 Å². The number of aromatic nitrogens is 2. The van der Waals surface area contributed by atoms with Crippen molar-refractivity contribution in [2.24, 2.45) is 0 Å². The number of carbonyl (C=O) groups excluding carboxylic acids is 1. The first kappa shape index (κ1) is 18.4. The molecule has 0 radical (unpaired) electrons. The average Bonchev–Trinajstić information content (AvgIpc) is 2.98. The maximum atomic E-state index is 12.9. The number of carbonyl (C=O) groups is 1. The zero-order valence-corrected chi connectivity index (χ0v) is 15.6. The normalized spacial score (nSPS) is 11.8. The second kappa shape index (κ2) is 7.46. The number of hydrogen-bond donors (Lipinski definition) is 0. The third kappa shape index (κ3) is 3.61. The van der Waals surface area contributed by atoms with Crippen LogP contribution in [0, 0.1) is 25.2 Å². The first-order valence-corrected chi connectivity index (χ1v) is 8.79. The Kier molecular flexibility index (Phi) is 5.09. The summed E-state index contributed by atoms with van der Waals surface area (Å²) in [7, 11) is 0. The topological polar surface area (TPSA) is 67.8 Å². The lowest BCUT2D eigenvalue weighted by Gasteiger charge is -2.19. The highest BCUT2D eigenvalue weighted by Gasteiger charge is 2.20. The Morgan fingerprint density at radius 3 is 2.52 bits per heavy atom. The first-order valence-electron chi connectivity index (χ1n) is 8.79. The van der Waals surface area contributed by atoms with Gasteiger partial charge in [-0.1, -0.05) is 30.3 Å². The minimum atomic E-state index is -0.297. The SMILES string of the molecule is Cc1cc(C(=O)Cn2cc(C#N)ccc2=O)c(C)n1C(C)c1ccccc1. The van der Waals surface area contributed by atoms with Crippen LogP contribution < -0.4 is 5.56 Å². The Bertz CT molecular complexity index is 1080. The maximum Gasteiger partial charge on any atom is 0.251 e. The molecule has 27 heavy (non-hydrogen) atoms. The van der Waals surface area contributed by atoms with Crippen LogP contribution in [0.3, 0.4) is 0 Å². The van der Waals surface area contributed by atoms with Crippen LogP contribution >= 0.6 is 0 Å². The maximum absolute atomic E-state index is 12.9. The minimum Gasteiger partial charge on any atom is -0.341 e. The molecule has 0 bridgehead atoms. The number of pyridine rings is 1. The molecule has 0 saturated carbocycles. The molecular formula is C22H21N3O2. The van der Waals surface area contributed by atoms with E-state index in [-0.39, 0.29) is 23.9 Å². The minimum absolute atomic E-state index is 0.0850. The van der Waals surface area contributed by atoms with Gasteiger partial charge >= 0.3 is 0 Å². The second-order valence-electron chi connectivity index (χ2n) is 6.66. The summed E-state index contributed by atoms with van der Waals surface area (Å²) in [6.07, 6.45) is 1.42. The van der Waals surface area contributed by atoms with Gasteiger partial charge in [0.25, 0.3) is 5.56 Å². The molecule has 2 heterocycles. The van der Waals surface area contributed by atoms with E-state index in [1.807, 2.05) is 44.2 Å². The molecule has 1 atom stereocenters. The van der Waals surface area contributed by atoms with E-state index < -0.39 is 0 Å². The molecule has 5 nitrogen and oxygen atoms in total. The zero-order valence-electron chi connectivity index (χ0n) is 15.6. The van der Waals surface area contributed by atoms with Crippen molar-refractivity contribution in [3.05, 3.63) is 93.2 Å². The molecule has 3 rings (SSSR count). The number of benzene rings is 1. The number of aryl methyl sites for hydroxylation is 1. The van der Waals surface area contributed by atoms with E-state index in [4.69, 9.17) is 5.26 Å². The van der Waals surface area contributed by atoms with E-state index in [0.717, 1.165) is 17.0 Å². The highest BCUT2D eigenvalue weighted by atomic mass is 16.1. The fraction of sp³-hybridized carbons (Fsp3) is 0.227. The van der Waals surface area contributed by atoms with Crippen LogP contribution in [-0.4, -0.2) is 14.9 Å². The molecular weight excluding hydrogens is 338 g/mol. The molecule has 0 amide bonds. The van der Waals surface area contributed by atoms with Crippen molar-refractivity contribution in [3.63, 3.8) is 0 Å². The lowest BCUT2D eigenvalue weighted by molar-refractivity contribution is 0.0970. The third-order valence-electron chi connectivity index (χ3n) is 4.88. The highest BCUT2D eigenvalue weighted by Crippen LogP contribution is 2.25. The van der Waals surface area contributed by atoms with Crippen molar-refractivity contribution in [1.82, 2.24) is 9.13 Å². The molecule has 0 saturated heterocycles. The first-order chi connectivity index (χ1) is 12.9. The van der Waals surface area contributed by atoms with Gasteiger partial charge in [0.1, 0.15) is 6.07 Å². The number of hydrogen-bond acceptors (Lipinski definition) is 3. The second-order valence-corrected chi connectivity index (χ2v) is 6.66. The summed E-state index contributed by atoms with van der Waals surface area (Å²) in [5, 5.41) is 9.00. The number of nitrogens with zero attached hydrogens (tertiary/aromatic N) is 3. The summed E-state index contributed by atoms with van der Waals surface area (Å²) in [4.78, 5) is 24.9.